The Morgan fingerprint density at radius 1 is 1.41 bits per heavy atom. The lowest BCUT2D eigenvalue weighted by molar-refractivity contribution is 0.279. The first-order chi connectivity index (χ1) is 8.00. The van der Waals surface area contributed by atoms with E-state index in [4.69, 9.17) is 11.6 Å². The summed E-state index contributed by atoms with van der Waals surface area (Å²) in [5.74, 6) is -0.198. The van der Waals surface area contributed by atoms with Crippen molar-refractivity contribution in [3.8, 4) is 0 Å². The van der Waals surface area contributed by atoms with Crippen LogP contribution in [0.1, 0.15) is 32.3 Å². The fourth-order valence-electron chi connectivity index (χ4n) is 2.39. The van der Waals surface area contributed by atoms with Gasteiger partial charge in [0.1, 0.15) is 5.82 Å². The summed E-state index contributed by atoms with van der Waals surface area (Å²) < 4.78 is 13.8. The van der Waals surface area contributed by atoms with Gasteiger partial charge >= 0.3 is 0 Å². The Morgan fingerprint density at radius 2 is 2.12 bits per heavy atom. The molecule has 0 bridgehead atoms. The molecule has 96 valence electrons. The van der Waals surface area contributed by atoms with Crippen LogP contribution in [-0.4, -0.2) is 13.6 Å². The minimum atomic E-state index is -0.198. The topological polar surface area (TPSA) is 12.0 Å². The van der Waals surface area contributed by atoms with Gasteiger partial charge in [0, 0.05) is 11.6 Å². The molecule has 0 saturated carbocycles. The minimum absolute atomic E-state index is 0.0954. The van der Waals surface area contributed by atoms with Crippen LogP contribution in [0.15, 0.2) is 18.2 Å². The third-order valence-electron chi connectivity index (χ3n) is 3.09. The summed E-state index contributed by atoms with van der Waals surface area (Å²) in [6.07, 6.45) is 2.92. The molecule has 0 fully saturated rings. The molecule has 1 nitrogen and oxygen atoms in total. The zero-order chi connectivity index (χ0) is 12.9. The molecule has 1 unspecified atom stereocenters. The Labute approximate surface area is 108 Å². The van der Waals surface area contributed by atoms with Crippen LogP contribution in [0.4, 0.5) is 4.39 Å². The average molecular weight is 258 g/mol. The van der Waals surface area contributed by atoms with Crippen molar-refractivity contribution in [1.82, 2.24) is 5.32 Å². The highest BCUT2D eigenvalue weighted by Crippen LogP contribution is 2.29. The van der Waals surface area contributed by atoms with Gasteiger partial charge in [-0.05, 0) is 43.0 Å². The molecule has 0 saturated heterocycles. The second-order valence-electron chi connectivity index (χ2n) is 5.00. The quantitative estimate of drug-likeness (QED) is 0.811. The van der Waals surface area contributed by atoms with Crippen LogP contribution in [-0.2, 0) is 6.42 Å². The highest BCUT2D eigenvalue weighted by atomic mass is 35.5. The number of nitrogens with one attached hydrogen (secondary N) is 1. The number of halogens is 2. The van der Waals surface area contributed by atoms with E-state index in [1.807, 2.05) is 7.05 Å². The van der Waals surface area contributed by atoms with Crippen molar-refractivity contribution in [2.75, 3.05) is 13.6 Å². The maximum Gasteiger partial charge on any atom is 0.127 e. The van der Waals surface area contributed by atoms with Gasteiger partial charge in [-0.25, -0.2) is 4.39 Å². The van der Waals surface area contributed by atoms with E-state index < -0.39 is 0 Å². The molecule has 0 aromatic heterocycles. The summed E-state index contributed by atoms with van der Waals surface area (Å²) in [6, 6.07) is 4.94. The molecule has 0 heterocycles. The van der Waals surface area contributed by atoms with Crippen molar-refractivity contribution < 1.29 is 4.39 Å². The first-order valence-electron chi connectivity index (χ1n) is 6.09. The monoisotopic (exact) mass is 257 g/mol. The van der Waals surface area contributed by atoms with Gasteiger partial charge in [0.05, 0.1) is 0 Å². The molecular weight excluding hydrogens is 237 g/mol. The number of rotatable bonds is 6. The molecule has 1 rings (SSSR count). The molecule has 0 amide bonds. The molecule has 1 aromatic rings. The summed E-state index contributed by atoms with van der Waals surface area (Å²) in [7, 11) is 1.94. The Balaban J connectivity index is 2.85. The van der Waals surface area contributed by atoms with E-state index in [0.29, 0.717) is 5.02 Å². The Hall–Kier alpha value is -0.600. The fourth-order valence-corrected chi connectivity index (χ4v) is 2.55. The van der Waals surface area contributed by atoms with Crippen LogP contribution < -0.4 is 5.32 Å². The van der Waals surface area contributed by atoms with Crippen LogP contribution in [0.25, 0.3) is 0 Å². The van der Waals surface area contributed by atoms with Crippen molar-refractivity contribution in [3.63, 3.8) is 0 Å². The van der Waals surface area contributed by atoms with Crippen molar-refractivity contribution in [3.05, 3.63) is 34.6 Å². The lowest BCUT2D eigenvalue weighted by Gasteiger charge is -2.29. The van der Waals surface area contributed by atoms with E-state index in [2.05, 4.69) is 19.2 Å². The van der Waals surface area contributed by atoms with E-state index in [0.717, 1.165) is 31.4 Å². The van der Waals surface area contributed by atoms with Crippen molar-refractivity contribution in [2.45, 2.75) is 33.1 Å². The maximum absolute atomic E-state index is 13.8. The lowest BCUT2D eigenvalue weighted by atomic mass is 9.79. The van der Waals surface area contributed by atoms with Gasteiger partial charge in [0.15, 0.2) is 0 Å². The van der Waals surface area contributed by atoms with E-state index in [1.165, 1.54) is 6.07 Å². The van der Waals surface area contributed by atoms with E-state index in [-0.39, 0.29) is 11.2 Å². The SMILES string of the molecule is CCCC(C)(CNC)Cc1ccc(Cl)cc1F. The summed E-state index contributed by atoms with van der Waals surface area (Å²) in [6.45, 7) is 5.25. The Kier molecular flexibility index (Phi) is 5.41. The molecule has 1 N–H and O–H groups in total. The predicted molar refractivity (Wildman–Crippen MR) is 72.1 cm³/mol. The summed E-state index contributed by atoms with van der Waals surface area (Å²) in [4.78, 5) is 0. The van der Waals surface area contributed by atoms with Gasteiger partial charge in [-0.3, -0.25) is 0 Å². The Bertz CT molecular complexity index is 359. The standard InChI is InChI=1S/C14H21ClFN/c1-4-7-14(2,10-17-3)9-11-5-6-12(15)8-13(11)16/h5-6,8,17H,4,7,9-10H2,1-3H3. The van der Waals surface area contributed by atoms with Gasteiger partial charge < -0.3 is 5.32 Å². The third kappa shape index (κ3) is 4.29. The van der Waals surface area contributed by atoms with Crippen LogP contribution >= 0.6 is 11.6 Å². The normalized spacial score (nSPS) is 14.6. The molecule has 0 aliphatic heterocycles. The Morgan fingerprint density at radius 3 is 2.65 bits per heavy atom. The molecule has 1 aromatic carbocycles. The summed E-state index contributed by atoms with van der Waals surface area (Å²) in [5, 5.41) is 3.65. The molecular formula is C14H21ClFN. The van der Waals surface area contributed by atoms with Gasteiger partial charge in [-0.15, -0.1) is 0 Å². The minimum Gasteiger partial charge on any atom is -0.319 e. The molecule has 0 spiro atoms. The van der Waals surface area contributed by atoms with E-state index in [9.17, 15) is 4.39 Å². The van der Waals surface area contributed by atoms with Crippen molar-refractivity contribution >= 4 is 11.6 Å². The number of benzene rings is 1. The maximum atomic E-state index is 13.8. The van der Waals surface area contributed by atoms with Crippen LogP contribution in [0, 0.1) is 11.2 Å². The largest absolute Gasteiger partial charge is 0.319 e. The highest BCUT2D eigenvalue weighted by Gasteiger charge is 2.24. The van der Waals surface area contributed by atoms with Gasteiger partial charge in [0.2, 0.25) is 0 Å². The van der Waals surface area contributed by atoms with Gasteiger partial charge in [-0.2, -0.15) is 0 Å². The number of hydrogen-bond donors (Lipinski definition) is 1. The molecule has 0 aliphatic rings. The summed E-state index contributed by atoms with van der Waals surface area (Å²) >= 11 is 5.76. The van der Waals surface area contributed by atoms with Crippen molar-refractivity contribution in [2.24, 2.45) is 5.41 Å². The van der Waals surface area contributed by atoms with Crippen LogP contribution in [0.3, 0.4) is 0 Å². The lowest BCUT2D eigenvalue weighted by Crippen LogP contribution is -2.32. The zero-order valence-corrected chi connectivity index (χ0v) is 11.6. The molecule has 1 atom stereocenters. The molecule has 0 aliphatic carbocycles. The highest BCUT2D eigenvalue weighted by molar-refractivity contribution is 6.30. The first-order valence-corrected chi connectivity index (χ1v) is 6.47. The van der Waals surface area contributed by atoms with E-state index in [1.54, 1.807) is 12.1 Å². The smallest absolute Gasteiger partial charge is 0.127 e. The second-order valence-corrected chi connectivity index (χ2v) is 5.44. The summed E-state index contributed by atoms with van der Waals surface area (Å²) in [5.41, 5.74) is 0.846. The van der Waals surface area contributed by atoms with Crippen LogP contribution in [0.2, 0.25) is 5.02 Å². The average Bonchev–Trinajstić information content (AvgIpc) is 2.23. The first kappa shape index (κ1) is 14.5. The van der Waals surface area contributed by atoms with Gasteiger partial charge in [-0.1, -0.05) is 37.9 Å². The van der Waals surface area contributed by atoms with Gasteiger partial charge in [0.25, 0.3) is 0 Å². The van der Waals surface area contributed by atoms with Crippen molar-refractivity contribution in [1.29, 1.82) is 0 Å². The van der Waals surface area contributed by atoms with E-state index >= 15 is 0 Å². The second kappa shape index (κ2) is 6.36. The zero-order valence-electron chi connectivity index (χ0n) is 10.8. The predicted octanol–water partition coefficient (Wildman–Crippen LogP) is 4.05. The molecule has 3 heteroatoms. The molecule has 17 heavy (non-hydrogen) atoms. The fraction of sp³-hybridized carbons (Fsp3) is 0.571. The third-order valence-corrected chi connectivity index (χ3v) is 3.32. The van der Waals surface area contributed by atoms with Crippen LogP contribution in [0.5, 0.6) is 0 Å². The molecule has 0 radical (unpaired) electrons. The number of hydrogen-bond acceptors (Lipinski definition) is 1.